The van der Waals surface area contributed by atoms with Crippen molar-refractivity contribution in [2.45, 2.75) is 174 Å². The van der Waals surface area contributed by atoms with Crippen LogP contribution in [0.1, 0.15) is 172 Å². The van der Waals surface area contributed by atoms with Crippen molar-refractivity contribution in [3.05, 3.63) is 120 Å². The van der Waals surface area contributed by atoms with Gasteiger partial charge in [0.15, 0.2) is 0 Å². The highest BCUT2D eigenvalue weighted by Gasteiger charge is 2.32. The van der Waals surface area contributed by atoms with Crippen LogP contribution in [0.5, 0.6) is 0 Å². The van der Waals surface area contributed by atoms with E-state index in [1.54, 1.807) is 0 Å². The molecule has 0 heterocycles. The predicted molar refractivity (Wildman–Crippen MR) is 344 cm³/mol. The molecule has 11 N–H and O–H groups in total. The number of aliphatic hydroxyl groups is 6. The minimum Gasteiger partial charge on any atom is -0.481 e. The van der Waals surface area contributed by atoms with E-state index in [0.29, 0.717) is 83.7 Å². The summed E-state index contributed by atoms with van der Waals surface area (Å²) in [5.41, 5.74) is 7.05. The molecule has 0 aliphatic heterocycles. The first-order valence-electron chi connectivity index (χ1n) is 31.6. The van der Waals surface area contributed by atoms with Crippen LogP contribution in [0.4, 0.5) is 9.59 Å². The van der Waals surface area contributed by atoms with Gasteiger partial charge in [0.1, 0.15) is 19.0 Å². The number of carbonyl (C=O) groups is 4. The van der Waals surface area contributed by atoms with Gasteiger partial charge < -0.3 is 61.6 Å². The Morgan fingerprint density at radius 3 is 1.07 bits per heavy atom. The van der Waals surface area contributed by atoms with Gasteiger partial charge in [0, 0.05) is 76.7 Å². The number of benzene rings is 6. The molecule has 0 fully saturated rings. The summed E-state index contributed by atoms with van der Waals surface area (Å²) in [4.78, 5) is 48.0. The summed E-state index contributed by atoms with van der Waals surface area (Å²) in [5, 5.41) is 78.3. The van der Waals surface area contributed by atoms with E-state index >= 15 is 0 Å². The number of hydrogen-bond acceptors (Lipinski definition) is 13. The second-order valence-corrected chi connectivity index (χ2v) is 22.9. The Morgan fingerprint density at radius 1 is 0.395 bits per heavy atom. The number of Topliss-reactive ketones (excluding diaryl/α,β-unsaturated/α-hetero) is 1. The maximum absolute atomic E-state index is 12.6. The van der Waals surface area contributed by atoms with Gasteiger partial charge in [-0.1, -0.05) is 129 Å². The number of rotatable bonds is 41. The van der Waals surface area contributed by atoms with Gasteiger partial charge in [-0.25, -0.2) is 9.59 Å². The molecule has 6 rings (SSSR count). The number of ketones is 1. The van der Waals surface area contributed by atoms with Crippen LogP contribution in [0, 0.1) is 10.8 Å². The number of ether oxygens (including phenoxy) is 2. The summed E-state index contributed by atoms with van der Waals surface area (Å²) in [6.45, 7) is 2.89. The topological polar surface area (TPSA) is 278 Å². The molecule has 0 atom stereocenters. The molecule has 0 unspecified atom stereocenters. The monoisotopic (exact) mass is 1190 g/mol. The SMILES string of the molecule is NCCCCCCNC(=O)OCc1c2ccccc2cc2ccccc12.O=C(CCCCCCCNC(=O)OCc1c2ccccc2cc2ccccc12)CCC(CCCO)(CCCO)CCCO.O=C(O)CC(CCCO)(CCCO)CCCO. The third-order valence-electron chi connectivity index (χ3n) is 16.4. The second-order valence-electron chi connectivity index (χ2n) is 22.9. The molecular weight excluding hydrogens is 1090 g/mol. The number of carbonyl (C=O) groups excluding carboxylic acids is 3. The summed E-state index contributed by atoms with van der Waals surface area (Å²) in [6.07, 6.45) is 18.0. The van der Waals surface area contributed by atoms with Crippen molar-refractivity contribution < 1.29 is 64.4 Å². The van der Waals surface area contributed by atoms with Gasteiger partial charge in [-0.15, -0.1) is 0 Å². The van der Waals surface area contributed by atoms with Crippen molar-refractivity contribution >= 4 is 67.0 Å². The highest BCUT2D eigenvalue weighted by molar-refractivity contribution is 6.03. The quantitative estimate of drug-likeness (QED) is 0.0126. The molecule has 16 nitrogen and oxygen atoms in total. The van der Waals surface area contributed by atoms with Gasteiger partial charge >= 0.3 is 18.2 Å². The Bertz CT molecular complexity index is 2730. The summed E-state index contributed by atoms with van der Waals surface area (Å²) >= 11 is 0. The predicted octanol–water partition coefficient (Wildman–Crippen LogP) is 12.7. The fourth-order valence-corrected chi connectivity index (χ4v) is 11.9. The first kappa shape index (κ1) is 72.2. The number of alkyl carbamates (subject to hydrolysis) is 2. The average Bonchev–Trinajstić information content (AvgIpc) is 1.53. The van der Waals surface area contributed by atoms with Crippen LogP contribution in [0.15, 0.2) is 109 Å². The Balaban J connectivity index is 0.000000311. The van der Waals surface area contributed by atoms with Crippen LogP contribution in [0.25, 0.3) is 43.1 Å². The highest BCUT2D eigenvalue weighted by atomic mass is 16.6. The van der Waals surface area contributed by atoms with Crippen LogP contribution in [-0.4, -0.2) is 119 Å². The number of unbranched alkanes of at least 4 members (excludes halogenated alkanes) is 7. The number of nitrogens with two attached hydrogens (primary N) is 1. The van der Waals surface area contributed by atoms with E-state index in [9.17, 15) is 34.5 Å². The van der Waals surface area contributed by atoms with Crippen molar-refractivity contribution in [3.8, 4) is 0 Å². The van der Waals surface area contributed by atoms with E-state index in [-0.39, 0.29) is 76.6 Å². The molecule has 0 aliphatic rings. The van der Waals surface area contributed by atoms with E-state index in [1.165, 1.54) is 0 Å². The first-order valence-corrected chi connectivity index (χ1v) is 31.6. The van der Waals surface area contributed by atoms with E-state index in [1.807, 2.05) is 48.5 Å². The number of carboxylic acid groups (broad SMARTS) is 1. The first-order chi connectivity index (χ1) is 41.9. The standard InChI is InChI=1S/C36H51NO6.C22H26N2O2.C12H24O5/c38-24-10-19-36(20-11-25-39,21-12-26-40)22-18-31(41)15-4-2-1-3-9-23-37-35(42)43-28-34-32-16-7-5-13-29(32)27-30-14-6-8-17-33(30)34;23-13-7-1-2-8-14-24-22(25)26-16-21-19-11-5-3-9-17(19)15-18-10-4-6-12-20(18)21;13-7-1-4-12(5-2-8-14,6-3-9-15)10-11(16)17/h5-8,13-14,16-17,27,38-40H,1-4,9-12,15,18-26,28H2,(H,37,42);3-6,9-12,15H,1-2,7-8,13-14,16,23H2,(H,24,25);13-15H,1-10H2,(H,16,17). The van der Waals surface area contributed by atoms with Crippen molar-refractivity contribution in [2.24, 2.45) is 16.6 Å². The Labute approximate surface area is 509 Å². The fourth-order valence-electron chi connectivity index (χ4n) is 11.9. The summed E-state index contributed by atoms with van der Waals surface area (Å²) in [7, 11) is 0. The molecule has 0 saturated heterocycles. The van der Waals surface area contributed by atoms with E-state index in [0.717, 1.165) is 144 Å². The van der Waals surface area contributed by atoms with E-state index in [4.69, 9.17) is 35.6 Å². The minimum absolute atomic E-state index is 0.0347. The van der Waals surface area contributed by atoms with Crippen LogP contribution < -0.4 is 16.4 Å². The number of hydrogen-bond donors (Lipinski definition) is 10. The second kappa shape index (κ2) is 42.6. The number of aliphatic carboxylic acids is 1. The van der Waals surface area contributed by atoms with Crippen LogP contribution in [-0.2, 0) is 32.3 Å². The molecule has 2 amide bonds. The third-order valence-corrected chi connectivity index (χ3v) is 16.4. The fraction of sp³-hybridized carbons (Fsp3) is 0.543. The normalized spacial score (nSPS) is 11.5. The summed E-state index contributed by atoms with van der Waals surface area (Å²) in [6, 6.07) is 37.1. The zero-order valence-electron chi connectivity index (χ0n) is 51.0. The molecule has 6 aromatic rings. The van der Waals surface area contributed by atoms with Crippen molar-refractivity contribution in [3.63, 3.8) is 0 Å². The lowest BCUT2D eigenvalue weighted by Gasteiger charge is -2.34. The molecule has 474 valence electrons. The Hall–Kier alpha value is -6.24. The summed E-state index contributed by atoms with van der Waals surface area (Å²) < 4.78 is 11.1. The zero-order chi connectivity index (χ0) is 62.1. The number of nitrogens with one attached hydrogen (secondary N) is 2. The summed E-state index contributed by atoms with van der Waals surface area (Å²) in [5.74, 6) is -0.594. The number of amides is 2. The molecule has 6 aromatic carbocycles. The molecule has 0 spiro atoms. The molecular formula is C70H101N3O13. The van der Waals surface area contributed by atoms with Crippen molar-refractivity contribution in [1.29, 1.82) is 0 Å². The van der Waals surface area contributed by atoms with Crippen molar-refractivity contribution in [1.82, 2.24) is 10.6 Å². The number of carboxylic acids is 1. The van der Waals surface area contributed by atoms with Crippen LogP contribution >= 0.6 is 0 Å². The molecule has 0 aliphatic carbocycles. The molecule has 0 radical (unpaired) electrons. The molecule has 86 heavy (non-hydrogen) atoms. The van der Waals surface area contributed by atoms with E-state index < -0.39 is 17.5 Å². The van der Waals surface area contributed by atoms with Gasteiger partial charge in [-0.3, -0.25) is 9.59 Å². The van der Waals surface area contributed by atoms with Gasteiger partial charge in [0.25, 0.3) is 0 Å². The number of fused-ring (bicyclic) bond motifs is 4. The van der Waals surface area contributed by atoms with Crippen LogP contribution in [0.2, 0.25) is 0 Å². The van der Waals surface area contributed by atoms with Gasteiger partial charge in [0.05, 0.1) is 6.42 Å². The van der Waals surface area contributed by atoms with E-state index in [2.05, 4.69) is 71.3 Å². The lowest BCUT2D eigenvalue weighted by atomic mass is 9.71. The maximum Gasteiger partial charge on any atom is 0.407 e. The molecule has 0 aromatic heterocycles. The third kappa shape index (κ3) is 26.4. The largest absolute Gasteiger partial charge is 0.481 e. The Kier molecular flexibility index (Phi) is 35.8. The van der Waals surface area contributed by atoms with Crippen molar-refractivity contribution in [2.75, 3.05) is 59.3 Å². The Morgan fingerprint density at radius 2 is 0.721 bits per heavy atom. The van der Waals surface area contributed by atoms with Gasteiger partial charge in [0.2, 0.25) is 0 Å². The molecule has 16 heteroatoms. The highest BCUT2D eigenvalue weighted by Crippen LogP contribution is 2.41. The number of aliphatic hydroxyl groups excluding tert-OH is 6. The smallest absolute Gasteiger partial charge is 0.407 e. The minimum atomic E-state index is -0.862. The van der Waals surface area contributed by atoms with Gasteiger partial charge in [-0.2, -0.15) is 0 Å². The van der Waals surface area contributed by atoms with Gasteiger partial charge in [-0.05, 0) is 182 Å². The maximum atomic E-state index is 12.6. The molecule has 0 saturated carbocycles. The average molecular weight is 1190 g/mol. The lowest BCUT2D eigenvalue weighted by molar-refractivity contribution is -0.140. The lowest BCUT2D eigenvalue weighted by Crippen LogP contribution is -2.26. The molecule has 0 bridgehead atoms. The zero-order valence-corrected chi connectivity index (χ0v) is 51.0. The van der Waals surface area contributed by atoms with Crippen LogP contribution in [0.3, 0.4) is 0 Å².